The smallest absolute Gasteiger partial charge is 0.393 e. The van der Waals surface area contributed by atoms with E-state index in [1.54, 1.807) is 0 Å². The third-order valence-corrected chi connectivity index (χ3v) is 1.37. The Morgan fingerprint density at radius 2 is 1.90 bits per heavy atom. The molecule has 0 amide bonds. The Hall–Kier alpha value is -0.290. The first-order valence-corrected chi connectivity index (χ1v) is 2.82. The highest BCUT2D eigenvalue weighted by Gasteiger charge is 2.39. The highest BCUT2D eigenvalue weighted by atomic mass is 19.4. The summed E-state index contributed by atoms with van der Waals surface area (Å²) >= 11 is 0. The molecule has 0 rings (SSSR count). The fourth-order valence-electron chi connectivity index (χ4n) is 0.401. The van der Waals surface area contributed by atoms with Crippen LogP contribution in [0.15, 0.2) is 0 Å². The van der Waals surface area contributed by atoms with Crippen molar-refractivity contribution in [2.75, 3.05) is 6.61 Å². The molecule has 0 aliphatic carbocycles. The largest absolute Gasteiger partial charge is 0.395 e. The number of rotatable bonds is 2. The van der Waals surface area contributed by atoms with Gasteiger partial charge in [0.1, 0.15) is 0 Å². The van der Waals surface area contributed by atoms with Gasteiger partial charge in [0.05, 0.1) is 12.5 Å². The molecule has 2 nitrogen and oxygen atoms in total. The van der Waals surface area contributed by atoms with Gasteiger partial charge in [-0.25, -0.2) is 0 Å². The van der Waals surface area contributed by atoms with Crippen LogP contribution in [0.25, 0.3) is 0 Å². The van der Waals surface area contributed by atoms with Gasteiger partial charge >= 0.3 is 6.18 Å². The molecule has 0 fully saturated rings. The van der Waals surface area contributed by atoms with Crippen LogP contribution in [0.5, 0.6) is 0 Å². The zero-order chi connectivity index (χ0) is 8.36. The van der Waals surface area contributed by atoms with Gasteiger partial charge < -0.3 is 10.8 Å². The fourth-order valence-corrected chi connectivity index (χ4v) is 0.401. The zero-order valence-corrected chi connectivity index (χ0v) is 5.52. The van der Waals surface area contributed by atoms with Crippen molar-refractivity contribution in [2.24, 2.45) is 11.7 Å². The van der Waals surface area contributed by atoms with Gasteiger partial charge in [-0.05, 0) is 0 Å². The molecule has 2 atom stereocenters. The molecule has 0 aromatic rings. The van der Waals surface area contributed by atoms with Crippen molar-refractivity contribution in [3.63, 3.8) is 0 Å². The Morgan fingerprint density at radius 1 is 1.50 bits per heavy atom. The Balaban J connectivity index is 3.94. The molecule has 0 spiro atoms. The molecular weight excluding hydrogens is 147 g/mol. The minimum absolute atomic E-state index is 0.638. The van der Waals surface area contributed by atoms with Gasteiger partial charge in [0.15, 0.2) is 0 Å². The second-order valence-electron chi connectivity index (χ2n) is 2.18. The van der Waals surface area contributed by atoms with Crippen LogP contribution < -0.4 is 5.73 Å². The van der Waals surface area contributed by atoms with Crippen LogP contribution in [0.2, 0.25) is 0 Å². The van der Waals surface area contributed by atoms with Gasteiger partial charge in [0.2, 0.25) is 0 Å². The maximum atomic E-state index is 11.7. The van der Waals surface area contributed by atoms with E-state index in [0.717, 1.165) is 6.92 Å². The van der Waals surface area contributed by atoms with Crippen molar-refractivity contribution >= 4 is 0 Å². The average Bonchev–Trinajstić information content (AvgIpc) is 1.83. The van der Waals surface area contributed by atoms with Gasteiger partial charge in [-0.3, -0.25) is 0 Å². The van der Waals surface area contributed by atoms with E-state index in [1.807, 2.05) is 0 Å². The van der Waals surface area contributed by atoms with E-state index in [0.29, 0.717) is 0 Å². The van der Waals surface area contributed by atoms with Crippen LogP contribution in [0.3, 0.4) is 0 Å². The summed E-state index contributed by atoms with van der Waals surface area (Å²) in [6.45, 7) is 0.307. The summed E-state index contributed by atoms with van der Waals surface area (Å²) in [5.41, 5.74) is 4.93. The van der Waals surface area contributed by atoms with E-state index in [2.05, 4.69) is 0 Å². The van der Waals surface area contributed by atoms with Crippen molar-refractivity contribution in [2.45, 2.75) is 19.1 Å². The van der Waals surface area contributed by atoms with Crippen LogP contribution in [-0.2, 0) is 0 Å². The molecular formula is C5H10F3NO. The monoisotopic (exact) mass is 157 g/mol. The second-order valence-corrected chi connectivity index (χ2v) is 2.18. The molecule has 62 valence electrons. The summed E-state index contributed by atoms with van der Waals surface area (Å²) in [4.78, 5) is 0. The molecule has 0 unspecified atom stereocenters. The molecule has 3 N–H and O–H groups in total. The first-order chi connectivity index (χ1) is 4.39. The lowest BCUT2D eigenvalue weighted by Gasteiger charge is -2.20. The van der Waals surface area contributed by atoms with Crippen LogP contribution in [0.4, 0.5) is 13.2 Å². The Bertz CT molecular complexity index is 104. The third-order valence-electron chi connectivity index (χ3n) is 1.37. The van der Waals surface area contributed by atoms with Crippen LogP contribution in [-0.4, -0.2) is 23.9 Å². The number of halogens is 3. The molecule has 0 heterocycles. The van der Waals surface area contributed by atoms with Gasteiger partial charge in [0.25, 0.3) is 0 Å². The number of alkyl halides is 3. The lowest BCUT2D eigenvalue weighted by atomic mass is 10.0. The predicted molar refractivity (Wildman–Crippen MR) is 30.3 cm³/mol. The summed E-state index contributed by atoms with van der Waals surface area (Å²) < 4.78 is 35.1. The van der Waals surface area contributed by atoms with E-state index in [1.165, 1.54) is 0 Å². The molecule has 0 aliphatic rings. The van der Waals surface area contributed by atoms with E-state index < -0.39 is 24.7 Å². The summed E-state index contributed by atoms with van der Waals surface area (Å²) in [7, 11) is 0. The van der Waals surface area contributed by atoms with E-state index >= 15 is 0 Å². The fraction of sp³-hybridized carbons (Fsp3) is 1.00. The Labute approximate surface area is 56.8 Å². The SMILES string of the molecule is C[C@@H]([C@H](N)CO)C(F)(F)F. The molecule has 5 heteroatoms. The summed E-state index contributed by atoms with van der Waals surface area (Å²) in [6.07, 6.45) is -4.30. The highest BCUT2D eigenvalue weighted by molar-refractivity contribution is 4.73. The van der Waals surface area contributed by atoms with E-state index in [-0.39, 0.29) is 0 Å². The van der Waals surface area contributed by atoms with Crippen molar-refractivity contribution in [1.82, 2.24) is 0 Å². The minimum Gasteiger partial charge on any atom is -0.395 e. The Kier molecular flexibility index (Phi) is 3.11. The standard InChI is InChI=1S/C5H10F3NO/c1-3(4(9)2-10)5(6,7)8/h3-4,10H,2,9H2,1H3/t3-,4+/m0/s1. The normalized spacial score (nSPS) is 18.6. The van der Waals surface area contributed by atoms with Crippen LogP contribution in [0.1, 0.15) is 6.92 Å². The molecule has 0 aliphatic heterocycles. The van der Waals surface area contributed by atoms with E-state index in [9.17, 15) is 13.2 Å². The predicted octanol–water partition coefficient (Wildman–Crippen LogP) is 0.504. The molecule has 0 aromatic carbocycles. The summed E-state index contributed by atoms with van der Waals surface area (Å²) in [6, 6.07) is -1.21. The number of aliphatic hydroxyl groups is 1. The van der Waals surface area contributed by atoms with Gasteiger partial charge in [0, 0.05) is 6.04 Å². The van der Waals surface area contributed by atoms with Crippen molar-refractivity contribution in [3.05, 3.63) is 0 Å². The van der Waals surface area contributed by atoms with Crippen molar-refractivity contribution in [1.29, 1.82) is 0 Å². The lowest BCUT2D eigenvalue weighted by Crippen LogP contribution is -2.40. The highest BCUT2D eigenvalue weighted by Crippen LogP contribution is 2.27. The number of nitrogens with two attached hydrogens (primary N) is 1. The molecule has 0 saturated carbocycles. The van der Waals surface area contributed by atoms with Gasteiger partial charge in [-0.2, -0.15) is 13.2 Å². The maximum absolute atomic E-state index is 11.7. The average molecular weight is 157 g/mol. The van der Waals surface area contributed by atoms with Crippen molar-refractivity contribution in [3.8, 4) is 0 Å². The second kappa shape index (κ2) is 3.21. The number of aliphatic hydroxyl groups excluding tert-OH is 1. The van der Waals surface area contributed by atoms with Gasteiger partial charge in [-0.1, -0.05) is 6.92 Å². The molecule has 10 heavy (non-hydrogen) atoms. The first-order valence-electron chi connectivity index (χ1n) is 2.82. The maximum Gasteiger partial charge on any atom is 0.393 e. The molecule has 0 radical (unpaired) electrons. The van der Waals surface area contributed by atoms with Crippen molar-refractivity contribution < 1.29 is 18.3 Å². The Morgan fingerprint density at radius 3 is 2.00 bits per heavy atom. The molecule has 0 aromatic heterocycles. The quantitative estimate of drug-likeness (QED) is 0.613. The third kappa shape index (κ3) is 2.53. The van der Waals surface area contributed by atoms with Crippen LogP contribution in [0, 0.1) is 5.92 Å². The molecule has 0 bridgehead atoms. The topological polar surface area (TPSA) is 46.2 Å². The zero-order valence-electron chi connectivity index (χ0n) is 5.52. The number of hydrogen-bond acceptors (Lipinski definition) is 2. The summed E-state index contributed by atoms with van der Waals surface area (Å²) in [5.74, 6) is -1.64. The first kappa shape index (κ1) is 9.71. The minimum atomic E-state index is -4.30. The lowest BCUT2D eigenvalue weighted by molar-refractivity contribution is -0.177. The summed E-state index contributed by atoms with van der Waals surface area (Å²) in [5, 5.41) is 8.24. The van der Waals surface area contributed by atoms with E-state index in [4.69, 9.17) is 10.8 Å². The van der Waals surface area contributed by atoms with Crippen LogP contribution >= 0.6 is 0 Å². The number of hydrogen-bond donors (Lipinski definition) is 2. The molecule has 0 saturated heterocycles. The van der Waals surface area contributed by atoms with Gasteiger partial charge in [-0.15, -0.1) is 0 Å².